The average molecular weight is 251 g/mol. The Morgan fingerprint density at radius 2 is 2.28 bits per heavy atom. The summed E-state index contributed by atoms with van der Waals surface area (Å²) in [5.41, 5.74) is 7.24. The fraction of sp³-hybridized carbons (Fsp3) is 0.769. The van der Waals surface area contributed by atoms with Gasteiger partial charge in [-0.15, -0.1) is 0 Å². The van der Waals surface area contributed by atoms with E-state index >= 15 is 0 Å². The predicted molar refractivity (Wildman–Crippen MR) is 73.4 cm³/mol. The molecule has 1 saturated heterocycles. The summed E-state index contributed by atoms with van der Waals surface area (Å²) in [5.74, 6) is 0. The first-order valence-corrected chi connectivity index (χ1v) is 6.82. The van der Waals surface area contributed by atoms with Crippen molar-refractivity contribution in [2.24, 2.45) is 5.73 Å². The maximum atomic E-state index is 5.99. The van der Waals surface area contributed by atoms with E-state index in [0.29, 0.717) is 18.6 Å². The quantitative estimate of drug-likeness (QED) is 0.848. The lowest BCUT2D eigenvalue weighted by Gasteiger charge is -2.42. The van der Waals surface area contributed by atoms with Crippen LogP contribution in [0.25, 0.3) is 0 Å². The van der Waals surface area contributed by atoms with Crippen molar-refractivity contribution in [2.75, 3.05) is 33.2 Å². The number of hydrogen-bond donors (Lipinski definition) is 1. The molecule has 1 aromatic heterocycles. The molecule has 1 fully saturated rings. The van der Waals surface area contributed by atoms with E-state index in [1.807, 2.05) is 10.9 Å². The molecule has 0 bridgehead atoms. The van der Waals surface area contributed by atoms with Crippen molar-refractivity contribution in [1.29, 1.82) is 0 Å². The van der Waals surface area contributed by atoms with E-state index in [1.54, 1.807) is 0 Å². The molecule has 5 nitrogen and oxygen atoms in total. The van der Waals surface area contributed by atoms with Crippen LogP contribution >= 0.6 is 0 Å². The van der Waals surface area contributed by atoms with Crippen molar-refractivity contribution in [3.05, 3.63) is 18.0 Å². The Morgan fingerprint density at radius 3 is 2.83 bits per heavy atom. The maximum absolute atomic E-state index is 5.99. The Kier molecular flexibility index (Phi) is 4.37. The molecule has 0 spiro atoms. The normalized spacial score (nSPS) is 24.3. The van der Waals surface area contributed by atoms with Gasteiger partial charge in [-0.05, 0) is 20.9 Å². The Labute approximate surface area is 110 Å². The van der Waals surface area contributed by atoms with Crippen LogP contribution in [0.1, 0.15) is 25.5 Å². The van der Waals surface area contributed by atoms with Crippen LogP contribution in [0.3, 0.4) is 0 Å². The van der Waals surface area contributed by atoms with Gasteiger partial charge in [-0.2, -0.15) is 5.10 Å². The topological polar surface area (TPSA) is 50.3 Å². The third-order valence-corrected chi connectivity index (χ3v) is 3.87. The molecular weight excluding hydrogens is 226 g/mol. The van der Waals surface area contributed by atoms with Gasteiger partial charge in [0.2, 0.25) is 0 Å². The number of rotatable bonds is 4. The van der Waals surface area contributed by atoms with Crippen molar-refractivity contribution >= 4 is 0 Å². The van der Waals surface area contributed by atoms with Gasteiger partial charge in [0.05, 0.1) is 12.2 Å². The SMILES string of the molecule is CCn1cc(C(CN)N2CCN(C)CC2C)cn1. The first kappa shape index (κ1) is 13.5. The summed E-state index contributed by atoms with van der Waals surface area (Å²) in [6.07, 6.45) is 4.09. The van der Waals surface area contributed by atoms with Crippen molar-refractivity contribution in [3.63, 3.8) is 0 Å². The molecule has 2 N–H and O–H groups in total. The summed E-state index contributed by atoms with van der Waals surface area (Å²) in [4.78, 5) is 4.89. The number of piperazine rings is 1. The summed E-state index contributed by atoms with van der Waals surface area (Å²) in [7, 11) is 2.18. The first-order valence-electron chi connectivity index (χ1n) is 6.82. The number of nitrogens with two attached hydrogens (primary N) is 1. The summed E-state index contributed by atoms with van der Waals surface area (Å²) in [6, 6.07) is 0.844. The molecule has 1 aliphatic rings. The molecule has 102 valence electrons. The van der Waals surface area contributed by atoms with Gasteiger partial charge in [-0.3, -0.25) is 9.58 Å². The van der Waals surface area contributed by atoms with Crippen molar-refractivity contribution in [2.45, 2.75) is 32.5 Å². The largest absolute Gasteiger partial charge is 0.329 e. The molecule has 1 aliphatic heterocycles. The molecule has 2 unspecified atom stereocenters. The zero-order valence-corrected chi connectivity index (χ0v) is 11.7. The predicted octanol–water partition coefficient (Wildman–Crippen LogP) is 0.539. The lowest BCUT2D eigenvalue weighted by atomic mass is 10.1. The van der Waals surface area contributed by atoms with E-state index < -0.39 is 0 Å². The van der Waals surface area contributed by atoms with Crippen LogP contribution in [0.4, 0.5) is 0 Å². The van der Waals surface area contributed by atoms with Gasteiger partial charge >= 0.3 is 0 Å². The number of likely N-dealkylation sites (N-methyl/N-ethyl adjacent to an activating group) is 1. The molecule has 2 rings (SSSR count). The standard InChI is InChI=1S/C13H25N5/c1-4-17-10-12(8-15-17)13(7-14)18-6-5-16(3)9-11(18)2/h8,10-11,13H,4-7,9,14H2,1-3H3. The Morgan fingerprint density at radius 1 is 1.50 bits per heavy atom. The van der Waals surface area contributed by atoms with E-state index in [1.165, 1.54) is 5.56 Å². The summed E-state index contributed by atoms with van der Waals surface area (Å²) in [5, 5.41) is 4.36. The Hall–Kier alpha value is -0.910. The van der Waals surface area contributed by atoms with Crippen LogP contribution in [0.5, 0.6) is 0 Å². The van der Waals surface area contributed by atoms with Gasteiger partial charge in [-0.1, -0.05) is 0 Å². The van der Waals surface area contributed by atoms with Crippen LogP contribution in [0, 0.1) is 0 Å². The van der Waals surface area contributed by atoms with Gasteiger partial charge in [0.1, 0.15) is 0 Å². The highest BCUT2D eigenvalue weighted by atomic mass is 15.3. The van der Waals surface area contributed by atoms with E-state index in [-0.39, 0.29) is 0 Å². The molecule has 0 radical (unpaired) electrons. The number of nitrogens with zero attached hydrogens (tertiary/aromatic N) is 4. The Bertz CT molecular complexity index is 375. The fourth-order valence-corrected chi connectivity index (χ4v) is 2.80. The van der Waals surface area contributed by atoms with E-state index in [0.717, 1.165) is 26.2 Å². The summed E-state index contributed by atoms with van der Waals surface area (Å²) in [6.45, 7) is 9.26. The molecule has 0 aliphatic carbocycles. The molecule has 0 aromatic carbocycles. The van der Waals surface area contributed by atoms with Crippen molar-refractivity contribution < 1.29 is 0 Å². The van der Waals surface area contributed by atoms with Crippen molar-refractivity contribution in [3.8, 4) is 0 Å². The number of aryl methyl sites for hydroxylation is 1. The van der Waals surface area contributed by atoms with Gasteiger partial charge in [-0.25, -0.2) is 0 Å². The molecule has 18 heavy (non-hydrogen) atoms. The van der Waals surface area contributed by atoms with Crippen LogP contribution < -0.4 is 5.73 Å². The number of aromatic nitrogens is 2. The van der Waals surface area contributed by atoms with E-state index in [2.05, 4.69) is 42.0 Å². The fourth-order valence-electron chi connectivity index (χ4n) is 2.80. The van der Waals surface area contributed by atoms with Crippen LogP contribution in [-0.4, -0.2) is 58.8 Å². The van der Waals surface area contributed by atoms with Crippen LogP contribution in [0.15, 0.2) is 12.4 Å². The second kappa shape index (κ2) is 5.82. The molecule has 2 heterocycles. The minimum Gasteiger partial charge on any atom is -0.329 e. The maximum Gasteiger partial charge on any atom is 0.0538 e. The highest BCUT2D eigenvalue weighted by molar-refractivity contribution is 5.12. The molecule has 1 aromatic rings. The minimum absolute atomic E-state index is 0.300. The summed E-state index contributed by atoms with van der Waals surface area (Å²) >= 11 is 0. The minimum atomic E-state index is 0.300. The third kappa shape index (κ3) is 2.74. The smallest absolute Gasteiger partial charge is 0.0538 e. The molecule has 5 heteroatoms. The molecule has 0 saturated carbocycles. The zero-order valence-electron chi connectivity index (χ0n) is 11.7. The monoisotopic (exact) mass is 251 g/mol. The lowest BCUT2D eigenvalue weighted by molar-refractivity contribution is 0.0635. The summed E-state index contributed by atoms with van der Waals surface area (Å²) < 4.78 is 1.97. The van der Waals surface area contributed by atoms with E-state index in [4.69, 9.17) is 5.73 Å². The Balaban J connectivity index is 2.12. The zero-order chi connectivity index (χ0) is 13.1. The van der Waals surface area contributed by atoms with Gasteiger partial charge < -0.3 is 10.6 Å². The number of hydrogen-bond acceptors (Lipinski definition) is 4. The molecular formula is C13H25N5. The third-order valence-electron chi connectivity index (χ3n) is 3.87. The molecule has 2 atom stereocenters. The van der Waals surface area contributed by atoms with Crippen molar-refractivity contribution in [1.82, 2.24) is 19.6 Å². The van der Waals surface area contributed by atoms with Gasteiger partial charge in [0, 0.05) is 50.5 Å². The highest BCUT2D eigenvalue weighted by Crippen LogP contribution is 2.23. The second-order valence-electron chi connectivity index (χ2n) is 5.23. The average Bonchev–Trinajstić information content (AvgIpc) is 2.81. The van der Waals surface area contributed by atoms with Gasteiger partial charge in [0.25, 0.3) is 0 Å². The van der Waals surface area contributed by atoms with Crippen LogP contribution in [-0.2, 0) is 6.54 Å². The highest BCUT2D eigenvalue weighted by Gasteiger charge is 2.28. The first-order chi connectivity index (χ1) is 8.65. The van der Waals surface area contributed by atoms with Crippen LogP contribution in [0.2, 0.25) is 0 Å². The lowest BCUT2D eigenvalue weighted by Crippen LogP contribution is -2.52. The second-order valence-corrected chi connectivity index (χ2v) is 5.23. The van der Waals surface area contributed by atoms with Gasteiger partial charge in [0.15, 0.2) is 0 Å². The molecule has 0 amide bonds. The van der Waals surface area contributed by atoms with E-state index in [9.17, 15) is 0 Å².